The molecule has 1 N–H and O–H groups in total. The van der Waals surface area contributed by atoms with Crippen LogP contribution in [0, 0.1) is 6.92 Å². The van der Waals surface area contributed by atoms with E-state index in [0.29, 0.717) is 18.0 Å². The standard InChI is InChI=1S/C23H25N7O2/c1-15(2)22-26-27-28-30(22)20-11-18(17-7-5-16(3)6-8-17)12-21(13-20)32-23(31)24-14-19-9-10-25-29(19)4/h5-13,15H,14H2,1-4H3,(H,24,31). The average Bonchev–Trinajstić information content (AvgIpc) is 3.42. The highest BCUT2D eigenvalue weighted by molar-refractivity contribution is 5.73. The van der Waals surface area contributed by atoms with Gasteiger partial charge in [0.05, 0.1) is 17.9 Å². The van der Waals surface area contributed by atoms with Crippen LogP contribution in [0.15, 0.2) is 54.7 Å². The summed E-state index contributed by atoms with van der Waals surface area (Å²) in [6, 6.07) is 15.5. The summed E-state index contributed by atoms with van der Waals surface area (Å²) in [7, 11) is 1.82. The summed E-state index contributed by atoms with van der Waals surface area (Å²) in [6.07, 6.45) is 1.12. The lowest BCUT2D eigenvalue weighted by Crippen LogP contribution is -2.27. The lowest BCUT2D eigenvalue weighted by Gasteiger charge is -2.13. The first kappa shape index (κ1) is 21.2. The zero-order valence-electron chi connectivity index (χ0n) is 18.5. The van der Waals surface area contributed by atoms with E-state index < -0.39 is 6.09 Å². The third kappa shape index (κ3) is 4.66. The van der Waals surface area contributed by atoms with E-state index in [4.69, 9.17) is 4.74 Å². The van der Waals surface area contributed by atoms with Crippen molar-refractivity contribution in [1.29, 1.82) is 0 Å². The van der Waals surface area contributed by atoms with E-state index in [9.17, 15) is 4.79 Å². The molecule has 0 aliphatic carbocycles. The molecule has 0 spiro atoms. The smallest absolute Gasteiger partial charge is 0.410 e. The molecule has 9 heteroatoms. The van der Waals surface area contributed by atoms with E-state index in [2.05, 4.69) is 25.9 Å². The van der Waals surface area contributed by atoms with Crippen molar-refractivity contribution in [2.75, 3.05) is 0 Å². The van der Waals surface area contributed by atoms with Crippen LogP contribution in [0.5, 0.6) is 5.75 Å². The van der Waals surface area contributed by atoms with Gasteiger partial charge < -0.3 is 10.1 Å². The van der Waals surface area contributed by atoms with Gasteiger partial charge in [0, 0.05) is 25.2 Å². The first-order valence-corrected chi connectivity index (χ1v) is 10.3. The van der Waals surface area contributed by atoms with Gasteiger partial charge in [-0.15, -0.1) is 5.10 Å². The zero-order valence-corrected chi connectivity index (χ0v) is 18.5. The molecule has 0 unspecified atom stereocenters. The SMILES string of the molecule is Cc1ccc(-c2cc(OC(=O)NCc3ccnn3C)cc(-n3nnnc3C(C)C)c2)cc1. The summed E-state index contributed by atoms with van der Waals surface area (Å²) < 4.78 is 8.98. The van der Waals surface area contributed by atoms with Crippen molar-refractivity contribution in [2.45, 2.75) is 33.2 Å². The average molecular weight is 432 g/mol. The van der Waals surface area contributed by atoms with E-state index in [0.717, 1.165) is 22.6 Å². The predicted octanol–water partition coefficient (Wildman–Crippen LogP) is 3.78. The van der Waals surface area contributed by atoms with Gasteiger partial charge in [-0.05, 0) is 46.7 Å². The Hall–Kier alpha value is -4.01. The van der Waals surface area contributed by atoms with Crippen LogP contribution in [0.1, 0.15) is 36.8 Å². The molecule has 0 atom stereocenters. The Labute approximate surface area is 186 Å². The van der Waals surface area contributed by atoms with E-state index in [1.165, 1.54) is 5.56 Å². The van der Waals surface area contributed by atoms with Gasteiger partial charge in [0.2, 0.25) is 0 Å². The zero-order chi connectivity index (χ0) is 22.7. The van der Waals surface area contributed by atoms with Crippen molar-refractivity contribution in [3.8, 4) is 22.6 Å². The summed E-state index contributed by atoms with van der Waals surface area (Å²) in [6.45, 7) is 6.40. The summed E-state index contributed by atoms with van der Waals surface area (Å²) in [5.74, 6) is 1.24. The summed E-state index contributed by atoms with van der Waals surface area (Å²) in [4.78, 5) is 12.5. The fraction of sp³-hybridized carbons (Fsp3) is 0.261. The molecule has 0 bridgehead atoms. The number of hydrogen-bond donors (Lipinski definition) is 1. The molecule has 9 nitrogen and oxygen atoms in total. The predicted molar refractivity (Wildman–Crippen MR) is 119 cm³/mol. The Morgan fingerprint density at radius 2 is 1.88 bits per heavy atom. The van der Waals surface area contributed by atoms with Gasteiger partial charge in [0.25, 0.3) is 0 Å². The monoisotopic (exact) mass is 431 g/mol. The lowest BCUT2D eigenvalue weighted by molar-refractivity contribution is 0.199. The molecule has 0 aliphatic rings. The van der Waals surface area contributed by atoms with Gasteiger partial charge in [-0.1, -0.05) is 43.7 Å². The topological polar surface area (TPSA) is 99.8 Å². The first-order chi connectivity index (χ1) is 15.4. The number of rotatable bonds is 6. The van der Waals surface area contributed by atoms with Crippen LogP contribution in [0.3, 0.4) is 0 Å². The Morgan fingerprint density at radius 3 is 2.56 bits per heavy atom. The van der Waals surface area contributed by atoms with Gasteiger partial charge >= 0.3 is 6.09 Å². The minimum absolute atomic E-state index is 0.125. The van der Waals surface area contributed by atoms with Gasteiger partial charge in [-0.2, -0.15) is 9.78 Å². The third-order valence-electron chi connectivity index (χ3n) is 5.08. The molecule has 4 aromatic rings. The molecular formula is C23H25N7O2. The Balaban J connectivity index is 1.65. The van der Waals surface area contributed by atoms with Crippen LogP contribution in [-0.2, 0) is 13.6 Å². The van der Waals surface area contributed by atoms with Gasteiger partial charge in [-0.3, -0.25) is 4.68 Å². The number of benzene rings is 2. The summed E-state index contributed by atoms with van der Waals surface area (Å²) in [5, 5.41) is 19.0. The maximum Gasteiger partial charge on any atom is 0.412 e. The molecule has 0 saturated carbocycles. The molecule has 32 heavy (non-hydrogen) atoms. The van der Waals surface area contributed by atoms with Crippen LogP contribution in [-0.4, -0.2) is 36.1 Å². The van der Waals surface area contributed by atoms with E-state index in [-0.39, 0.29) is 5.92 Å². The highest BCUT2D eigenvalue weighted by Gasteiger charge is 2.15. The van der Waals surface area contributed by atoms with Crippen LogP contribution in [0.2, 0.25) is 0 Å². The van der Waals surface area contributed by atoms with Gasteiger partial charge in [-0.25, -0.2) is 4.79 Å². The number of carbonyl (C=O) groups is 1. The number of aromatic nitrogens is 6. The van der Waals surface area contributed by atoms with Crippen molar-refractivity contribution in [2.24, 2.45) is 7.05 Å². The number of hydrogen-bond acceptors (Lipinski definition) is 6. The Bertz CT molecular complexity index is 1230. The van der Waals surface area contributed by atoms with Crippen LogP contribution >= 0.6 is 0 Å². The molecule has 1 amide bonds. The second kappa shape index (κ2) is 9.01. The molecular weight excluding hydrogens is 406 g/mol. The lowest BCUT2D eigenvalue weighted by atomic mass is 10.0. The van der Waals surface area contributed by atoms with E-state index >= 15 is 0 Å². The normalized spacial score (nSPS) is 11.0. The molecule has 0 saturated heterocycles. The summed E-state index contributed by atoms with van der Waals surface area (Å²) in [5.41, 5.74) is 4.63. The fourth-order valence-electron chi connectivity index (χ4n) is 3.30. The van der Waals surface area contributed by atoms with E-state index in [1.54, 1.807) is 21.6 Å². The van der Waals surface area contributed by atoms with Crippen molar-refractivity contribution in [3.05, 3.63) is 71.8 Å². The van der Waals surface area contributed by atoms with Crippen LogP contribution in [0.25, 0.3) is 16.8 Å². The largest absolute Gasteiger partial charge is 0.412 e. The number of nitrogens with one attached hydrogen (secondary N) is 1. The highest BCUT2D eigenvalue weighted by atomic mass is 16.6. The number of carbonyl (C=O) groups excluding carboxylic acids is 1. The van der Waals surface area contributed by atoms with Crippen molar-refractivity contribution in [1.82, 2.24) is 35.3 Å². The molecule has 0 radical (unpaired) electrons. The van der Waals surface area contributed by atoms with E-state index in [1.807, 2.05) is 70.3 Å². The van der Waals surface area contributed by atoms with Gasteiger partial charge in [0.15, 0.2) is 5.82 Å². The Kier molecular flexibility index (Phi) is 5.98. The molecule has 2 aromatic carbocycles. The minimum atomic E-state index is -0.556. The van der Waals surface area contributed by atoms with Crippen LogP contribution in [0.4, 0.5) is 4.79 Å². The molecule has 164 valence electrons. The van der Waals surface area contributed by atoms with Gasteiger partial charge in [0.1, 0.15) is 5.75 Å². The molecule has 4 rings (SSSR count). The van der Waals surface area contributed by atoms with Crippen molar-refractivity contribution >= 4 is 6.09 Å². The number of aryl methyl sites for hydroxylation is 2. The summed E-state index contributed by atoms with van der Waals surface area (Å²) >= 11 is 0. The number of amides is 1. The molecule has 0 aliphatic heterocycles. The second-order valence-electron chi connectivity index (χ2n) is 7.87. The first-order valence-electron chi connectivity index (χ1n) is 10.3. The minimum Gasteiger partial charge on any atom is -0.410 e. The maximum absolute atomic E-state index is 12.5. The number of tetrazole rings is 1. The molecule has 2 heterocycles. The fourth-order valence-corrected chi connectivity index (χ4v) is 3.30. The van der Waals surface area contributed by atoms with Crippen molar-refractivity contribution in [3.63, 3.8) is 0 Å². The number of nitrogens with zero attached hydrogens (tertiary/aromatic N) is 6. The Morgan fingerprint density at radius 1 is 1.09 bits per heavy atom. The molecule has 0 fully saturated rings. The quantitative estimate of drug-likeness (QED) is 0.499. The second-order valence-corrected chi connectivity index (χ2v) is 7.87. The van der Waals surface area contributed by atoms with Crippen LogP contribution < -0.4 is 10.1 Å². The maximum atomic E-state index is 12.5. The highest BCUT2D eigenvalue weighted by Crippen LogP contribution is 2.29. The molecule has 2 aromatic heterocycles. The number of ether oxygens (including phenoxy) is 1. The third-order valence-corrected chi connectivity index (χ3v) is 5.08. The van der Waals surface area contributed by atoms with Crippen molar-refractivity contribution < 1.29 is 9.53 Å².